The van der Waals surface area contributed by atoms with Crippen molar-refractivity contribution in [2.75, 3.05) is 32.8 Å². The van der Waals surface area contributed by atoms with Gasteiger partial charge in [-0.15, -0.1) is 0 Å². The standard InChI is InChI=1S/C27H35N3O4/c1-5-34-21-11-9-10-20(16-21)24-23(25(31)22-17(2)18(3)28-19(22)4)26(32)27(33)30(24)15-14-29-12-7-6-8-13-29/h9-11,16,24,28,31H,5-8,12-15H2,1-4H3/b25-23+. The van der Waals surface area contributed by atoms with Crippen LogP contribution in [0.5, 0.6) is 5.75 Å². The summed E-state index contributed by atoms with van der Waals surface area (Å²) in [5, 5.41) is 11.4. The van der Waals surface area contributed by atoms with E-state index in [1.165, 1.54) is 6.42 Å². The highest BCUT2D eigenvalue weighted by Crippen LogP contribution is 2.41. The van der Waals surface area contributed by atoms with Crippen molar-refractivity contribution in [3.63, 3.8) is 0 Å². The molecule has 1 aromatic heterocycles. The van der Waals surface area contributed by atoms with Gasteiger partial charge in [0.2, 0.25) is 0 Å². The molecule has 1 aromatic carbocycles. The third kappa shape index (κ3) is 4.49. The topological polar surface area (TPSA) is 85.9 Å². The van der Waals surface area contributed by atoms with Gasteiger partial charge >= 0.3 is 0 Å². The number of piperidine rings is 1. The van der Waals surface area contributed by atoms with Crippen LogP contribution in [-0.4, -0.2) is 64.4 Å². The number of aryl methyl sites for hydroxylation is 2. The number of aliphatic hydroxyl groups is 1. The number of hydrogen-bond donors (Lipinski definition) is 2. The van der Waals surface area contributed by atoms with Gasteiger partial charge in [0.1, 0.15) is 11.5 Å². The highest BCUT2D eigenvalue weighted by atomic mass is 16.5. The van der Waals surface area contributed by atoms with Gasteiger partial charge in [0.25, 0.3) is 11.7 Å². The van der Waals surface area contributed by atoms with E-state index in [-0.39, 0.29) is 11.3 Å². The molecule has 182 valence electrons. The van der Waals surface area contributed by atoms with Crippen molar-refractivity contribution in [1.29, 1.82) is 0 Å². The van der Waals surface area contributed by atoms with Crippen molar-refractivity contribution >= 4 is 17.4 Å². The molecular formula is C27H35N3O4. The fourth-order valence-corrected chi connectivity index (χ4v) is 5.23. The monoisotopic (exact) mass is 465 g/mol. The largest absolute Gasteiger partial charge is 0.507 e. The quantitative estimate of drug-likeness (QED) is 0.363. The average Bonchev–Trinajstić information content (AvgIpc) is 3.24. The van der Waals surface area contributed by atoms with Crippen LogP contribution in [0.3, 0.4) is 0 Å². The normalized spacial score (nSPS) is 20.8. The highest BCUT2D eigenvalue weighted by molar-refractivity contribution is 6.46. The maximum absolute atomic E-state index is 13.3. The van der Waals surface area contributed by atoms with Crippen LogP contribution in [-0.2, 0) is 9.59 Å². The number of amides is 1. The number of nitrogens with zero attached hydrogens (tertiary/aromatic N) is 2. The zero-order chi connectivity index (χ0) is 24.4. The molecule has 1 unspecified atom stereocenters. The van der Waals surface area contributed by atoms with Gasteiger partial charge in [-0.3, -0.25) is 9.59 Å². The first kappa shape index (κ1) is 24.1. The maximum Gasteiger partial charge on any atom is 0.295 e. The minimum absolute atomic E-state index is 0.120. The van der Waals surface area contributed by atoms with Gasteiger partial charge in [-0.25, -0.2) is 0 Å². The van der Waals surface area contributed by atoms with Crippen molar-refractivity contribution in [3.8, 4) is 5.75 Å². The summed E-state index contributed by atoms with van der Waals surface area (Å²) in [4.78, 5) is 33.8. The molecule has 0 saturated carbocycles. The average molecular weight is 466 g/mol. The molecule has 3 heterocycles. The van der Waals surface area contributed by atoms with E-state index in [2.05, 4.69) is 9.88 Å². The van der Waals surface area contributed by atoms with E-state index in [9.17, 15) is 14.7 Å². The molecule has 2 fully saturated rings. The molecule has 4 rings (SSSR count). The lowest BCUT2D eigenvalue weighted by Crippen LogP contribution is -2.40. The third-order valence-electron chi connectivity index (χ3n) is 7.05. The minimum Gasteiger partial charge on any atom is -0.507 e. The molecule has 34 heavy (non-hydrogen) atoms. The van der Waals surface area contributed by atoms with Crippen molar-refractivity contribution in [1.82, 2.24) is 14.8 Å². The van der Waals surface area contributed by atoms with Gasteiger partial charge in [-0.2, -0.15) is 0 Å². The number of Topliss-reactive ketones (excluding diaryl/α,β-unsaturated/α-hetero) is 1. The van der Waals surface area contributed by atoms with Gasteiger partial charge in [-0.05, 0) is 76.9 Å². The Bertz CT molecular complexity index is 1110. The summed E-state index contributed by atoms with van der Waals surface area (Å²) in [6, 6.07) is 6.81. The maximum atomic E-state index is 13.3. The smallest absolute Gasteiger partial charge is 0.295 e. The molecular weight excluding hydrogens is 430 g/mol. The summed E-state index contributed by atoms with van der Waals surface area (Å²) in [6.07, 6.45) is 3.55. The van der Waals surface area contributed by atoms with Gasteiger partial charge in [0.15, 0.2) is 0 Å². The van der Waals surface area contributed by atoms with Crippen LogP contribution >= 0.6 is 0 Å². The molecule has 2 N–H and O–H groups in total. The number of H-pyrrole nitrogens is 1. The van der Waals surface area contributed by atoms with Crippen LogP contribution in [0.15, 0.2) is 29.8 Å². The fraction of sp³-hybridized carbons (Fsp3) is 0.481. The molecule has 7 nitrogen and oxygen atoms in total. The number of likely N-dealkylation sites (tertiary alicyclic amines) is 2. The SMILES string of the molecule is CCOc1cccc(C2/C(=C(\O)c3c(C)[nH]c(C)c3C)C(=O)C(=O)N2CCN2CCCCC2)c1. The fourth-order valence-electron chi connectivity index (χ4n) is 5.23. The van der Waals surface area contributed by atoms with Crippen LogP contribution in [0.25, 0.3) is 5.76 Å². The third-order valence-corrected chi connectivity index (χ3v) is 7.05. The summed E-state index contributed by atoms with van der Waals surface area (Å²) in [5.41, 5.74) is 4.06. The van der Waals surface area contributed by atoms with Gasteiger partial charge in [0, 0.05) is 30.0 Å². The van der Waals surface area contributed by atoms with E-state index in [0.717, 1.165) is 48.4 Å². The summed E-state index contributed by atoms with van der Waals surface area (Å²) >= 11 is 0. The number of hydrogen-bond acceptors (Lipinski definition) is 5. The molecule has 7 heteroatoms. The first-order valence-electron chi connectivity index (χ1n) is 12.2. The Morgan fingerprint density at radius 3 is 2.47 bits per heavy atom. The Hall–Kier alpha value is -3.06. The molecule has 2 aliphatic rings. The first-order valence-corrected chi connectivity index (χ1v) is 12.2. The number of benzene rings is 1. The Morgan fingerprint density at radius 2 is 1.82 bits per heavy atom. The van der Waals surface area contributed by atoms with Crippen molar-refractivity contribution in [2.24, 2.45) is 0 Å². The zero-order valence-corrected chi connectivity index (χ0v) is 20.6. The van der Waals surface area contributed by atoms with E-state index in [1.54, 1.807) is 4.90 Å². The Morgan fingerprint density at radius 1 is 1.09 bits per heavy atom. The lowest BCUT2D eigenvalue weighted by molar-refractivity contribution is -0.140. The molecule has 2 saturated heterocycles. The Balaban J connectivity index is 1.79. The zero-order valence-electron chi connectivity index (χ0n) is 20.6. The number of rotatable bonds is 7. The second kappa shape index (κ2) is 10.1. The van der Waals surface area contributed by atoms with E-state index in [1.807, 2.05) is 52.0 Å². The van der Waals surface area contributed by atoms with E-state index in [0.29, 0.717) is 31.0 Å². The number of ketones is 1. The number of nitrogens with one attached hydrogen (secondary N) is 1. The number of ether oxygens (including phenoxy) is 1. The predicted molar refractivity (Wildman–Crippen MR) is 132 cm³/mol. The summed E-state index contributed by atoms with van der Waals surface area (Å²) in [6.45, 7) is 11.3. The molecule has 0 aliphatic carbocycles. The number of carbonyl (C=O) groups is 2. The highest BCUT2D eigenvalue weighted by Gasteiger charge is 2.46. The number of aromatic nitrogens is 1. The molecule has 0 spiro atoms. The van der Waals surface area contributed by atoms with Crippen LogP contribution < -0.4 is 4.74 Å². The number of aromatic amines is 1. The molecule has 2 aromatic rings. The van der Waals surface area contributed by atoms with Crippen LogP contribution in [0.2, 0.25) is 0 Å². The summed E-state index contributed by atoms with van der Waals surface area (Å²) in [7, 11) is 0. The molecule has 2 aliphatic heterocycles. The lowest BCUT2D eigenvalue weighted by atomic mass is 9.94. The summed E-state index contributed by atoms with van der Waals surface area (Å²) < 4.78 is 5.69. The molecule has 1 atom stereocenters. The van der Waals surface area contributed by atoms with E-state index >= 15 is 0 Å². The molecule has 0 bridgehead atoms. The number of aliphatic hydroxyl groups excluding tert-OH is 1. The van der Waals surface area contributed by atoms with Crippen LogP contribution in [0.4, 0.5) is 0 Å². The number of carbonyl (C=O) groups excluding carboxylic acids is 2. The van der Waals surface area contributed by atoms with Crippen LogP contribution in [0, 0.1) is 20.8 Å². The Kier molecular flexibility index (Phi) is 7.12. The van der Waals surface area contributed by atoms with Gasteiger partial charge in [0.05, 0.1) is 18.2 Å². The molecule has 1 amide bonds. The van der Waals surface area contributed by atoms with E-state index in [4.69, 9.17) is 4.74 Å². The lowest BCUT2D eigenvalue weighted by Gasteiger charge is -2.31. The molecule has 0 radical (unpaired) electrons. The van der Waals surface area contributed by atoms with Crippen molar-refractivity contribution in [3.05, 3.63) is 57.9 Å². The van der Waals surface area contributed by atoms with E-state index < -0.39 is 17.7 Å². The predicted octanol–water partition coefficient (Wildman–Crippen LogP) is 4.25. The minimum atomic E-state index is -0.667. The second-order valence-electron chi connectivity index (χ2n) is 9.28. The summed E-state index contributed by atoms with van der Waals surface area (Å²) in [5.74, 6) is -0.648. The Labute approximate surface area is 201 Å². The van der Waals surface area contributed by atoms with Crippen molar-refractivity contribution < 1.29 is 19.4 Å². The second-order valence-corrected chi connectivity index (χ2v) is 9.28. The van der Waals surface area contributed by atoms with Gasteiger partial charge < -0.3 is 24.6 Å². The van der Waals surface area contributed by atoms with Gasteiger partial charge in [-0.1, -0.05) is 18.6 Å². The van der Waals surface area contributed by atoms with Crippen molar-refractivity contribution in [2.45, 2.75) is 53.0 Å². The van der Waals surface area contributed by atoms with Crippen LogP contribution in [0.1, 0.15) is 60.3 Å². The first-order chi connectivity index (χ1) is 16.3.